The summed E-state index contributed by atoms with van der Waals surface area (Å²) in [6.45, 7) is 0. The molecule has 0 atom stereocenters. The second-order valence-electron chi connectivity index (χ2n) is 15.2. The Hall–Kier alpha value is -8.11. The monoisotopic (exact) mass is 765 g/mol. The van der Waals surface area contributed by atoms with Crippen molar-refractivity contribution in [2.24, 2.45) is 4.99 Å². The zero-order valence-corrected chi connectivity index (χ0v) is 30.6. The fraction of sp³-hybridized carbons (Fsp3) is 0.0408. The van der Waals surface area contributed by atoms with Crippen LogP contribution in [0.5, 0.6) is 0 Å². The van der Waals surface area contributed by atoms with Gasteiger partial charge >= 0.3 is 0 Å². The van der Waals surface area contributed by atoms with E-state index in [2.05, 4.69) is 5.32 Å². The van der Waals surface area contributed by atoms with Gasteiger partial charge in [0.25, 0.3) is 5.91 Å². The number of carbonyl (C=O) groups is 4. The molecule has 59 heavy (non-hydrogen) atoms. The maximum absolute atomic E-state index is 14.4. The normalized spacial score (nSPS) is 14.5. The number of amides is 1. The molecule has 0 saturated heterocycles. The van der Waals surface area contributed by atoms with Crippen molar-refractivity contribution in [3.8, 4) is 11.1 Å². The van der Waals surface area contributed by atoms with Gasteiger partial charge in [0, 0.05) is 88.1 Å². The lowest BCUT2D eigenvalue weighted by molar-refractivity contribution is -0.125. The minimum Gasteiger partial charge on any atom is -0.321 e. The van der Waals surface area contributed by atoms with Crippen LogP contribution in [0, 0.1) is 0 Å². The van der Waals surface area contributed by atoms with Crippen LogP contribution in [0.15, 0.2) is 134 Å². The maximum Gasteiger partial charge on any atom is 0.255 e. The summed E-state index contributed by atoms with van der Waals surface area (Å²) in [5.74, 6) is -1.44. The lowest BCUT2D eigenvalue weighted by Gasteiger charge is -2.19. The van der Waals surface area contributed by atoms with E-state index in [1.165, 1.54) is 0 Å². The van der Waals surface area contributed by atoms with E-state index in [0.29, 0.717) is 70.7 Å². The highest BCUT2D eigenvalue weighted by atomic mass is 16.2. The fourth-order valence-corrected chi connectivity index (χ4v) is 9.34. The number of Topliss-reactive ketones (excluding diaryl/α,β-unsaturated/α-hetero) is 3. The first-order valence-electron chi connectivity index (χ1n) is 18.9. The van der Waals surface area contributed by atoms with Crippen LogP contribution < -0.4 is 32.2 Å². The number of ketones is 3. The quantitative estimate of drug-likeness (QED) is 0.158. The van der Waals surface area contributed by atoms with E-state index in [9.17, 15) is 33.6 Å². The van der Waals surface area contributed by atoms with Crippen LogP contribution in [0.2, 0.25) is 0 Å². The predicted octanol–water partition coefficient (Wildman–Crippen LogP) is 6.35. The Kier molecular flexibility index (Phi) is 6.44. The molecule has 0 bridgehead atoms. The molecule has 12 rings (SSSR count). The second kappa shape index (κ2) is 11.5. The van der Waals surface area contributed by atoms with Crippen molar-refractivity contribution in [3.63, 3.8) is 0 Å². The molecule has 0 saturated carbocycles. The van der Waals surface area contributed by atoms with Crippen LogP contribution in [0.3, 0.4) is 0 Å². The number of hydrogen-bond acceptors (Lipinski definition) is 9. The average molecular weight is 766 g/mol. The standard InChI is InChI=1S/C49H23N3O7/c53-22-17-36-32(38(54)18-22)19-33-29(46(36)56)15-10-23-24-9-13-27-34(42(24)51-41(23)33)20-35-28(45(27)55)14-11-25-26-12-16-31-40(44(26)52-43(25)35)48(58)30-7-4-8-37(39(30)47(31)57)50-49(59)21-5-2-1-3-6-21/h1-16,19-20H,17-18H2,(H,50,59). The molecular weight excluding hydrogens is 743 g/mol. The highest BCUT2D eigenvalue weighted by molar-refractivity contribution is 6.28. The van der Waals surface area contributed by atoms with Crippen molar-refractivity contribution in [1.29, 1.82) is 0 Å². The molecule has 0 spiro atoms. The van der Waals surface area contributed by atoms with E-state index in [-0.39, 0.29) is 74.0 Å². The van der Waals surface area contributed by atoms with E-state index in [4.69, 9.17) is 9.98 Å². The van der Waals surface area contributed by atoms with E-state index >= 15 is 0 Å². The third kappa shape index (κ3) is 4.37. The number of hydrogen-bond donors (Lipinski definition) is 1. The van der Waals surface area contributed by atoms with E-state index < -0.39 is 16.8 Å². The SMILES string of the molecule is O=C1CC(=O)C2=C(C1)C(=O)c1ccc3c(c1=C2)=Nc1c-3ccc2c(=O)c3ccc4c5ccc6c(=O)c7c(NC(=O)c8ccccc8)cccc7c(=O)c6c5nc4c3cc12. The Morgan fingerprint density at radius 2 is 1.24 bits per heavy atom. The Morgan fingerprint density at radius 1 is 0.559 bits per heavy atom. The minimum atomic E-state index is -0.419. The van der Waals surface area contributed by atoms with Gasteiger partial charge in [0.2, 0.25) is 0 Å². The van der Waals surface area contributed by atoms with Crippen LogP contribution in [-0.2, 0) is 9.59 Å². The van der Waals surface area contributed by atoms with Crippen LogP contribution >= 0.6 is 0 Å². The van der Waals surface area contributed by atoms with Crippen LogP contribution in [0.1, 0.15) is 33.6 Å². The Morgan fingerprint density at radius 3 is 2.07 bits per heavy atom. The third-order valence-electron chi connectivity index (χ3n) is 12.1. The molecule has 0 radical (unpaired) electrons. The topological polar surface area (TPSA) is 157 Å². The number of fused-ring (bicyclic) bond motifs is 15. The Labute approximate surface area is 329 Å². The van der Waals surface area contributed by atoms with Crippen molar-refractivity contribution < 1.29 is 19.2 Å². The van der Waals surface area contributed by atoms with Crippen LogP contribution in [0.4, 0.5) is 11.4 Å². The molecule has 9 aromatic rings. The van der Waals surface area contributed by atoms with Crippen LogP contribution in [0.25, 0.3) is 82.1 Å². The molecule has 8 aromatic carbocycles. The van der Waals surface area contributed by atoms with Crippen molar-refractivity contribution in [2.75, 3.05) is 5.32 Å². The van der Waals surface area contributed by atoms with Gasteiger partial charge in [-0.15, -0.1) is 0 Å². The smallest absolute Gasteiger partial charge is 0.255 e. The van der Waals surface area contributed by atoms with E-state index in [1.54, 1.807) is 84.9 Å². The van der Waals surface area contributed by atoms with Crippen molar-refractivity contribution in [3.05, 3.63) is 167 Å². The minimum absolute atomic E-state index is 0.0795. The molecule has 0 unspecified atom stereocenters. The number of carbonyl (C=O) groups excluding carboxylic acids is 4. The zero-order valence-electron chi connectivity index (χ0n) is 30.6. The van der Waals surface area contributed by atoms with Gasteiger partial charge in [-0.2, -0.15) is 0 Å². The molecule has 10 nitrogen and oxygen atoms in total. The Balaban J connectivity index is 1.08. The lowest BCUT2D eigenvalue weighted by atomic mass is 9.81. The number of allylic oxidation sites excluding steroid dienone is 2. The third-order valence-corrected chi connectivity index (χ3v) is 12.1. The molecule has 2 heterocycles. The molecule has 3 aliphatic rings. The number of anilines is 1. The van der Waals surface area contributed by atoms with Gasteiger partial charge in [0.05, 0.1) is 45.0 Å². The number of rotatable bonds is 2. The average Bonchev–Trinajstić information content (AvgIpc) is 3.83. The first kappa shape index (κ1) is 33.1. The number of nitrogens with one attached hydrogen (secondary N) is 1. The largest absolute Gasteiger partial charge is 0.321 e. The highest BCUT2D eigenvalue weighted by Gasteiger charge is 2.33. The van der Waals surface area contributed by atoms with Gasteiger partial charge in [-0.25, -0.2) is 9.98 Å². The number of aromatic nitrogens is 1. The number of nitrogens with zero attached hydrogens (tertiary/aromatic N) is 2. The summed E-state index contributed by atoms with van der Waals surface area (Å²) in [7, 11) is 0. The molecule has 1 aliphatic heterocycles. The molecular formula is C49H23N3O7. The van der Waals surface area contributed by atoms with Crippen molar-refractivity contribution in [2.45, 2.75) is 12.8 Å². The van der Waals surface area contributed by atoms with E-state index in [0.717, 1.165) is 11.1 Å². The van der Waals surface area contributed by atoms with E-state index in [1.807, 2.05) is 24.3 Å². The summed E-state index contributed by atoms with van der Waals surface area (Å²) in [5, 5.41) is 7.70. The zero-order chi connectivity index (χ0) is 40.0. The van der Waals surface area contributed by atoms with Gasteiger partial charge in [0.1, 0.15) is 5.78 Å². The molecule has 1 N–H and O–H groups in total. The summed E-state index contributed by atoms with van der Waals surface area (Å²) < 4.78 is 0. The van der Waals surface area contributed by atoms with Crippen molar-refractivity contribution >= 4 is 106 Å². The summed E-state index contributed by atoms with van der Waals surface area (Å²) in [5.41, 5.74) is 3.24. The van der Waals surface area contributed by atoms with Crippen molar-refractivity contribution in [1.82, 2.24) is 4.98 Å². The first-order valence-corrected chi connectivity index (χ1v) is 18.9. The number of benzene rings is 8. The summed E-state index contributed by atoms with van der Waals surface area (Å²) in [4.78, 5) is 105. The lowest BCUT2D eigenvalue weighted by Crippen LogP contribution is -2.37. The molecule has 1 aromatic heterocycles. The molecule has 276 valence electrons. The van der Waals surface area contributed by atoms with Gasteiger partial charge < -0.3 is 5.32 Å². The Bertz CT molecular complexity index is 3950. The highest BCUT2D eigenvalue weighted by Crippen LogP contribution is 2.41. The fourth-order valence-electron chi connectivity index (χ4n) is 9.34. The van der Waals surface area contributed by atoms with Gasteiger partial charge in [0.15, 0.2) is 27.9 Å². The first-order chi connectivity index (χ1) is 28.7. The van der Waals surface area contributed by atoms with Gasteiger partial charge in [-0.1, -0.05) is 54.6 Å². The summed E-state index contributed by atoms with van der Waals surface area (Å²) in [6, 6.07) is 29.3. The van der Waals surface area contributed by atoms with Crippen LogP contribution in [-0.4, -0.2) is 28.2 Å². The van der Waals surface area contributed by atoms with Gasteiger partial charge in [-0.05, 0) is 54.6 Å². The summed E-state index contributed by atoms with van der Waals surface area (Å²) in [6.07, 6.45) is 1.34. The molecule has 2 aliphatic carbocycles. The molecule has 0 fully saturated rings. The predicted molar refractivity (Wildman–Crippen MR) is 226 cm³/mol. The summed E-state index contributed by atoms with van der Waals surface area (Å²) >= 11 is 0. The molecule has 10 heteroatoms. The second-order valence-corrected chi connectivity index (χ2v) is 15.2. The van der Waals surface area contributed by atoms with Gasteiger partial charge in [-0.3, -0.25) is 33.6 Å². The molecule has 1 amide bonds. The maximum atomic E-state index is 14.4.